The number of benzene rings is 1. The van der Waals surface area contributed by atoms with E-state index in [1.54, 1.807) is 0 Å². The summed E-state index contributed by atoms with van der Waals surface area (Å²) in [4.78, 5) is 0. The summed E-state index contributed by atoms with van der Waals surface area (Å²) in [6, 6.07) is 8.54. The van der Waals surface area contributed by atoms with Crippen molar-refractivity contribution in [2.75, 3.05) is 6.61 Å². The zero-order valence-electron chi connectivity index (χ0n) is 7.59. The van der Waals surface area contributed by atoms with Crippen molar-refractivity contribution >= 4 is 0 Å². The minimum absolute atomic E-state index is 0.311. The van der Waals surface area contributed by atoms with Gasteiger partial charge in [0.2, 0.25) is 0 Å². The van der Waals surface area contributed by atoms with Gasteiger partial charge in [-0.2, -0.15) is 0 Å². The van der Waals surface area contributed by atoms with Crippen LogP contribution in [-0.2, 0) is 6.42 Å². The predicted octanol–water partition coefficient (Wildman–Crippen LogP) is 2.31. The lowest BCUT2D eigenvalue weighted by molar-refractivity contribution is 0.284. The average Bonchev–Trinajstić information content (AvgIpc) is 2.05. The first-order valence-electron chi connectivity index (χ1n) is 4.49. The standard InChI is InChI=1S/C11H16O/c1-10-5-4-7-11(9-10)6-2-3-8-12/h4-5,7,9,12H,2-3,6,8H2,1H3. The van der Waals surface area contributed by atoms with Gasteiger partial charge in [-0.25, -0.2) is 0 Å². The van der Waals surface area contributed by atoms with Crippen molar-refractivity contribution in [2.24, 2.45) is 0 Å². The molecule has 1 aromatic rings. The van der Waals surface area contributed by atoms with Crippen molar-refractivity contribution < 1.29 is 5.11 Å². The third kappa shape index (κ3) is 3.05. The van der Waals surface area contributed by atoms with Gasteiger partial charge < -0.3 is 5.11 Å². The van der Waals surface area contributed by atoms with E-state index in [4.69, 9.17) is 5.11 Å². The summed E-state index contributed by atoms with van der Waals surface area (Å²) >= 11 is 0. The lowest BCUT2D eigenvalue weighted by atomic mass is 10.1. The second-order valence-electron chi connectivity index (χ2n) is 3.17. The summed E-state index contributed by atoms with van der Waals surface area (Å²) < 4.78 is 0. The van der Waals surface area contributed by atoms with E-state index in [1.165, 1.54) is 11.1 Å². The van der Waals surface area contributed by atoms with Crippen molar-refractivity contribution in [1.82, 2.24) is 0 Å². The van der Waals surface area contributed by atoms with E-state index >= 15 is 0 Å². The summed E-state index contributed by atoms with van der Waals surface area (Å²) in [5, 5.41) is 8.60. The molecule has 0 aromatic heterocycles. The minimum Gasteiger partial charge on any atom is -0.396 e. The van der Waals surface area contributed by atoms with E-state index in [2.05, 4.69) is 31.2 Å². The number of hydrogen-bond donors (Lipinski definition) is 1. The number of aryl methyl sites for hydroxylation is 2. The second kappa shape index (κ2) is 4.94. The van der Waals surface area contributed by atoms with Crippen LogP contribution in [0.5, 0.6) is 0 Å². The Kier molecular flexibility index (Phi) is 3.81. The molecule has 0 saturated heterocycles. The Labute approximate surface area is 74.1 Å². The highest BCUT2D eigenvalue weighted by atomic mass is 16.2. The summed E-state index contributed by atoms with van der Waals surface area (Å²) in [5.41, 5.74) is 2.69. The van der Waals surface area contributed by atoms with Gasteiger partial charge in [0.15, 0.2) is 0 Å². The molecule has 0 atom stereocenters. The normalized spacial score (nSPS) is 10.2. The molecule has 0 aliphatic rings. The van der Waals surface area contributed by atoms with E-state index < -0.39 is 0 Å². The van der Waals surface area contributed by atoms with Crippen LogP contribution >= 0.6 is 0 Å². The molecule has 0 aliphatic carbocycles. The summed E-state index contributed by atoms with van der Waals surface area (Å²) in [7, 11) is 0. The molecule has 0 radical (unpaired) electrons. The summed E-state index contributed by atoms with van der Waals surface area (Å²) in [6.45, 7) is 2.42. The predicted molar refractivity (Wildman–Crippen MR) is 51.2 cm³/mol. The monoisotopic (exact) mass is 164 g/mol. The lowest BCUT2D eigenvalue weighted by Gasteiger charge is -2.00. The first kappa shape index (κ1) is 9.27. The van der Waals surface area contributed by atoms with Gasteiger partial charge in [0.1, 0.15) is 0 Å². The van der Waals surface area contributed by atoms with Crippen LogP contribution in [0, 0.1) is 6.92 Å². The first-order valence-corrected chi connectivity index (χ1v) is 4.49. The van der Waals surface area contributed by atoms with Crippen LogP contribution in [0.25, 0.3) is 0 Å². The molecule has 0 aliphatic heterocycles. The van der Waals surface area contributed by atoms with Crippen LogP contribution in [0.2, 0.25) is 0 Å². The molecular weight excluding hydrogens is 148 g/mol. The second-order valence-corrected chi connectivity index (χ2v) is 3.17. The highest BCUT2D eigenvalue weighted by Crippen LogP contribution is 2.07. The fraction of sp³-hybridized carbons (Fsp3) is 0.455. The molecule has 1 nitrogen and oxygen atoms in total. The highest BCUT2D eigenvalue weighted by Gasteiger charge is 1.92. The molecule has 1 aromatic carbocycles. The summed E-state index contributed by atoms with van der Waals surface area (Å²) in [6.07, 6.45) is 3.08. The fourth-order valence-corrected chi connectivity index (χ4v) is 1.31. The summed E-state index contributed by atoms with van der Waals surface area (Å²) in [5.74, 6) is 0. The van der Waals surface area contributed by atoms with Crippen molar-refractivity contribution in [1.29, 1.82) is 0 Å². The van der Waals surface area contributed by atoms with Crippen molar-refractivity contribution in [2.45, 2.75) is 26.2 Å². The first-order chi connectivity index (χ1) is 5.83. The Hall–Kier alpha value is -0.820. The Morgan fingerprint density at radius 1 is 1.25 bits per heavy atom. The molecule has 1 heteroatoms. The number of rotatable bonds is 4. The molecule has 66 valence electrons. The van der Waals surface area contributed by atoms with Crippen LogP contribution in [0.3, 0.4) is 0 Å². The Morgan fingerprint density at radius 2 is 2.08 bits per heavy atom. The van der Waals surface area contributed by atoms with Crippen LogP contribution in [-0.4, -0.2) is 11.7 Å². The fourth-order valence-electron chi connectivity index (χ4n) is 1.31. The van der Waals surface area contributed by atoms with Gasteiger partial charge in [-0.15, -0.1) is 0 Å². The molecular formula is C11H16O. The van der Waals surface area contributed by atoms with Gasteiger partial charge in [0, 0.05) is 6.61 Å². The van der Waals surface area contributed by atoms with Gasteiger partial charge in [-0.3, -0.25) is 0 Å². The molecule has 0 fully saturated rings. The highest BCUT2D eigenvalue weighted by molar-refractivity contribution is 5.22. The quantitative estimate of drug-likeness (QED) is 0.677. The lowest BCUT2D eigenvalue weighted by Crippen LogP contribution is -1.88. The number of aliphatic hydroxyl groups excluding tert-OH is 1. The maximum absolute atomic E-state index is 8.60. The zero-order chi connectivity index (χ0) is 8.81. The van der Waals surface area contributed by atoms with Gasteiger partial charge in [0.05, 0.1) is 0 Å². The minimum atomic E-state index is 0.311. The van der Waals surface area contributed by atoms with Crippen LogP contribution in [0.15, 0.2) is 24.3 Å². The van der Waals surface area contributed by atoms with Gasteiger partial charge in [0.25, 0.3) is 0 Å². The zero-order valence-corrected chi connectivity index (χ0v) is 7.59. The maximum Gasteiger partial charge on any atom is 0.0431 e. The molecule has 0 spiro atoms. The molecule has 0 bridgehead atoms. The van der Waals surface area contributed by atoms with Gasteiger partial charge in [-0.1, -0.05) is 29.8 Å². The molecule has 12 heavy (non-hydrogen) atoms. The SMILES string of the molecule is Cc1cccc(CCCCO)c1. The smallest absolute Gasteiger partial charge is 0.0431 e. The number of unbranched alkanes of at least 4 members (excludes halogenated alkanes) is 1. The van der Waals surface area contributed by atoms with E-state index in [0.717, 1.165) is 19.3 Å². The molecule has 0 saturated carbocycles. The molecule has 1 rings (SSSR count). The largest absolute Gasteiger partial charge is 0.396 e. The maximum atomic E-state index is 8.60. The van der Waals surface area contributed by atoms with E-state index in [0.29, 0.717) is 6.61 Å². The van der Waals surface area contributed by atoms with Crippen molar-refractivity contribution in [3.8, 4) is 0 Å². The average molecular weight is 164 g/mol. The topological polar surface area (TPSA) is 20.2 Å². The van der Waals surface area contributed by atoms with E-state index in [1.807, 2.05) is 0 Å². The Bertz CT molecular complexity index is 230. The Morgan fingerprint density at radius 3 is 2.75 bits per heavy atom. The van der Waals surface area contributed by atoms with Crippen LogP contribution < -0.4 is 0 Å². The molecule has 0 heterocycles. The molecule has 1 N–H and O–H groups in total. The van der Waals surface area contributed by atoms with Crippen molar-refractivity contribution in [3.05, 3.63) is 35.4 Å². The van der Waals surface area contributed by atoms with Gasteiger partial charge >= 0.3 is 0 Å². The van der Waals surface area contributed by atoms with E-state index in [9.17, 15) is 0 Å². The van der Waals surface area contributed by atoms with Gasteiger partial charge in [-0.05, 0) is 31.7 Å². The Balaban J connectivity index is 2.41. The van der Waals surface area contributed by atoms with Crippen LogP contribution in [0.4, 0.5) is 0 Å². The van der Waals surface area contributed by atoms with Crippen molar-refractivity contribution in [3.63, 3.8) is 0 Å². The molecule has 0 unspecified atom stereocenters. The number of hydrogen-bond acceptors (Lipinski definition) is 1. The van der Waals surface area contributed by atoms with Crippen LogP contribution in [0.1, 0.15) is 24.0 Å². The third-order valence-electron chi connectivity index (χ3n) is 1.96. The van der Waals surface area contributed by atoms with E-state index in [-0.39, 0.29) is 0 Å². The molecule has 0 amide bonds. The number of aliphatic hydroxyl groups is 1. The third-order valence-corrected chi connectivity index (χ3v) is 1.96.